The van der Waals surface area contributed by atoms with Crippen LogP contribution < -0.4 is 11.5 Å². The molecule has 2 rings (SSSR count). The molecule has 0 aromatic rings. The minimum atomic E-state index is -0.285. The van der Waals surface area contributed by atoms with Gasteiger partial charge in [-0.2, -0.15) is 0 Å². The van der Waals surface area contributed by atoms with Crippen molar-refractivity contribution in [2.75, 3.05) is 0 Å². The molecule has 0 bridgehead atoms. The normalized spacial score (nSPS) is 25.5. The van der Waals surface area contributed by atoms with Gasteiger partial charge in [-0.1, -0.05) is 140 Å². The minimum absolute atomic E-state index is 0.285. The lowest BCUT2D eigenvalue weighted by molar-refractivity contribution is 0.516. The maximum atomic E-state index is 6.58. The Morgan fingerprint density at radius 1 is 0.500 bits per heavy atom. The molecule has 0 amide bonds. The summed E-state index contributed by atoms with van der Waals surface area (Å²) < 4.78 is 0. The van der Waals surface area contributed by atoms with Crippen LogP contribution in [-0.2, 0) is 0 Å². The Labute approximate surface area is 186 Å². The van der Waals surface area contributed by atoms with Gasteiger partial charge in [0.05, 0.1) is 11.1 Å². The molecular weight excluding hydrogens is 364 g/mol. The van der Waals surface area contributed by atoms with Gasteiger partial charge < -0.3 is 11.5 Å². The van der Waals surface area contributed by atoms with Crippen LogP contribution in [0.5, 0.6) is 0 Å². The quantitative estimate of drug-likeness (QED) is 0.292. The van der Waals surface area contributed by atoms with Crippen molar-refractivity contribution in [2.45, 2.75) is 115 Å². The van der Waals surface area contributed by atoms with Crippen molar-refractivity contribution in [2.24, 2.45) is 11.5 Å². The summed E-state index contributed by atoms with van der Waals surface area (Å²) in [5.41, 5.74) is 15.1. The first-order chi connectivity index (χ1) is 14.5. The van der Waals surface area contributed by atoms with Gasteiger partial charge in [-0.25, -0.2) is 0 Å². The second kappa shape index (κ2) is 13.1. The molecule has 30 heavy (non-hydrogen) atoms. The molecule has 0 aliphatic heterocycles. The van der Waals surface area contributed by atoms with Crippen LogP contribution in [0.2, 0.25) is 0 Å². The summed E-state index contributed by atoms with van der Waals surface area (Å²) in [6.07, 6.45) is 35.3. The van der Waals surface area contributed by atoms with Gasteiger partial charge in [0.1, 0.15) is 0 Å². The van der Waals surface area contributed by atoms with Crippen LogP contribution in [0.3, 0.4) is 0 Å². The first kappa shape index (κ1) is 24.9. The molecule has 0 radical (unpaired) electrons. The zero-order valence-corrected chi connectivity index (χ0v) is 19.7. The highest BCUT2D eigenvalue weighted by molar-refractivity contribution is 5.53. The van der Waals surface area contributed by atoms with Crippen LogP contribution in [0.25, 0.3) is 0 Å². The molecule has 168 valence electrons. The van der Waals surface area contributed by atoms with E-state index in [1.54, 1.807) is 0 Å². The number of rotatable bonds is 14. The van der Waals surface area contributed by atoms with E-state index >= 15 is 0 Å². The predicted molar refractivity (Wildman–Crippen MR) is 133 cm³/mol. The molecule has 2 nitrogen and oxygen atoms in total. The van der Waals surface area contributed by atoms with Crippen LogP contribution in [-0.4, -0.2) is 11.1 Å². The van der Waals surface area contributed by atoms with Crippen molar-refractivity contribution in [3.8, 4) is 0 Å². The van der Waals surface area contributed by atoms with Crippen molar-refractivity contribution < 1.29 is 0 Å². The van der Waals surface area contributed by atoms with Crippen LogP contribution in [0.1, 0.15) is 104 Å². The Morgan fingerprint density at radius 3 is 1.13 bits per heavy atom. The van der Waals surface area contributed by atoms with Crippen LogP contribution in [0.4, 0.5) is 0 Å². The van der Waals surface area contributed by atoms with E-state index in [-0.39, 0.29) is 11.1 Å². The second-order valence-electron chi connectivity index (χ2n) is 9.50. The van der Waals surface area contributed by atoms with Crippen molar-refractivity contribution in [1.82, 2.24) is 0 Å². The molecule has 0 aromatic heterocycles. The third-order valence-corrected chi connectivity index (χ3v) is 6.55. The fourth-order valence-corrected chi connectivity index (χ4v) is 4.34. The summed E-state index contributed by atoms with van der Waals surface area (Å²) in [7, 11) is 0. The first-order valence-corrected chi connectivity index (χ1v) is 12.6. The largest absolute Gasteiger partial charge is 0.319 e. The standard InChI is InChI=1S/C28H46N2/c1-3-5-7-9-11-13-19-27(29)21-15-25(16-22-27)26-17-23-28(30,24-18-26)20-14-12-10-8-6-4-2/h15-18,21-24H,3-14,19-20,29-30H2,1-2H3. The molecule has 0 aromatic carbocycles. The molecule has 2 aliphatic carbocycles. The van der Waals surface area contributed by atoms with Crippen LogP contribution in [0.15, 0.2) is 59.8 Å². The molecule has 0 saturated heterocycles. The van der Waals surface area contributed by atoms with E-state index in [0.717, 1.165) is 12.8 Å². The lowest BCUT2D eigenvalue weighted by Crippen LogP contribution is -2.36. The highest BCUT2D eigenvalue weighted by Crippen LogP contribution is 2.28. The van der Waals surface area contributed by atoms with E-state index in [9.17, 15) is 0 Å². The zero-order valence-electron chi connectivity index (χ0n) is 19.7. The molecule has 0 saturated carbocycles. The summed E-state index contributed by atoms with van der Waals surface area (Å²) in [6, 6.07) is 0. The molecule has 2 heteroatoms. The summed E-state index contributed by atoms with van der Waals surface area (Å²) in [6.45, 7) is 4.52. The van der Waals surface area contributed by atoms with Crippen LogP contribution in [0, 0.1) is 0 Å². The molecule has 0 spiro atoms. The van der Waals surface area contributed by atoms with Gasteiger partial charge in [0, 0.05) is 0 Å². The van der Waals surface area contributed by atoms with Gasteiger partial charge in [-0.3, -0.25) is 0 Å². The van der Waals surface area contributed by atoms with Gasteiger partial charge in [0.15, 0.2) is 0 Å². The lowest BCUT2D eigenvalue weighted by Gasteiger charge is -2.27. The third-order valence-electron chi connectivity index (χ3n) is 6.55. The van der Waals surface area contributed by atoms with E-state index in [1.807, 2.05) is 0 Å². The molecule has 0 unspecified atom stereocenters. The van der Waals surface area contributed by atoms with Gasteiger partial charge in [-0.15, -0.1) is 0 Å². The van der Waals surface area contributed by atoms with E-state index < -0.39 is 0 Å². The third kappa shape index (κ3) is 8.78. The highest BCUT2D eigenvalue weighted by atomic mass is 14.7. The molecule has 2 aliphatic rings. The Balaban J connectivity index is 1.78. The number of nitrogens with two attached hydrogens (primary N) is 2. The Bertz CT molecular complexity index is 560. The predicted octanol–water partition coefficient (Wildman–Crippen LogP) is 7.43. The van der Waals surface area contributed by atoms with E-state index in [4.69, 9.17) is 11.5 Å². The average molecular weight is 411 g/mol. The summed E-state index contributed by atoms with van der Waals surface area (Å²) in [4.78, 5) is 0. The van der Waals surface area contributed by atoms with Gasteiger partial charge in [-0.05, 0) is 24.0 Å². The number of hydrogen-bond acceptors (Lipinski definition) is 2. The smallest absolute Gasteiger partial charge is 0.0531 e. The molecular formula is C28H46N2. The SMILES string of the molecule is CCCCCCCCC1(N)C=CC(=C2C=CC(N)(CCCCCCCC)C=C2)C=C1. The molecule has 4 N–H and O–H groups in total. The average Bonchev–Trinajstić information content (AvgIpc) is 2.74. The van der Waals surface area contributed by atoms with Crippen LogP contribution >= 0.6 is 0 Å². The minimum Gasteiger partial charge on any atom is -0.319 e. The Hall–Kier alpha value is -1.38. The monoisotopic (exact) mass is 410 g/mol. The van der Waals surface area contributed by atoms with Gasteiger partial charge in [0.25, 0.3) is 0 Å². The summed E-state index contributed by atoms with van der Waals surface area (Å²) in [5.74, 6) is 0. The summed E-state index contributed by atoms with van der Waals surface area (Å²) in [5, 5.41) is 0. The molecule has 0 fully saturated rings. The number of allylic oxidation sites excluding steroid dienone is 6. The summed E-state index contributed by atoms with van der Waals surface area (Å²) >= 11 is 0. The maximum absolute atomic E-state index is 6.58. The van der Waals surface area contributed by atoms with E-state index in [2.05, 4.69) is 62.5 Å². The van der Waals surface area contributed by atoms with Gasteiger partial charge in [0.2, 0.25) is 0 Å². The van der Waals surface area contributed by atoms with E-state index in [1.165, 1.54) is 88.2 Å². The van der Waals surface area contributed by atoms with Crippen molar-refractivity contribution in [3.63, 3.8) is 0 Å². The van der Waals surface area contributed by atoms with Gasteiger partial charge >= 0.3 is 0 Å². The van der Waals surface area contributed by atoms with Crippen molar-refractivity contribution in [3.05, 3.63) is 59.8 Å². The number of unbranched alkanes of at least 4 members (excludes halogenated alkanes) is 10. The topological polar surface area (TPSA) is 52.0 Å². The number of hydrogen-bond donors (Lipinski definition) is 2. The first-order valence-electron chi connectivity index (χ1n) is 12.6. The van der Waals surface area contributed by atoms with Crippen molar-refractivity contribution in [1.29, 1.82) is 0 Å². The fourth-order valence-electron chi connectivity index (χ4n) is 4.34. The molecule has 0 heterocycles. The zero-order chi connectivity index (χ0) is 21.7. The Kier molecular flexibility index (Phi) is 10.9. The highest BCUT2D eigenvalue weighted by Gasteiger charge is 2.23. The molecule has 0 atom stereocenters. The van der Waals surface area contributed by atoms with E-state index in [0.29, 0.717) is 0 Å². The lowest BCUT2D eigenvalue weighted by atomic mass is 9.84. The maximum Gasteiger partial charge on any atom is 0.0531 e. The fraction of sp³-hybridized carbons (Fsp3) is 0.643. The second-order valence-corrected chi connectivity index (χ2v) is 9.50. The Morgan fingerprint density at radius 2 is 0.800 bits per heavy atom. The van der Waals surface area contributed by atoms with Crippen molar-refractivity contribution >= 4 is 0 Å².